The van der Waals surface area contributed by atoms with Crippen LogP contribution < -0.4 is 16.0 Å². The van der Waals surface area contributed by atoms with Gasteiger partial charge in [0.15, 0.2) is 11.6 Å². The van der Waals surface area contributed by atoms with E-state index in [2.05, 4.69) is 25.5 Å². The number of carboxylic acids is 1. The number of hydrogen-bond acceptors (Lipinski definition) is 7. The Balaban J connectivity index is 0.000000454. The van der Waals surface area contributed by atoms with Crippen LogP contribution >= 0.6 is 0 Å². The van der Waals surface area contributed by atoms with Crippen LogP contribution in [0.2, 0.25) is 0 Å². The molecule has 2 aromatic carbocycles. The van der Waals surface area contributed by atoms with Gasteiger partial charge in [0.05, 0.1) is 23.6 Å². The Kier molecular flexibility index (Phi) is 7.67. The highest BCUT2D eigenvalue weighted by Gasteiger charge is 2.38. The first-order chi connectivity index (χ1) is 17.0. The summed E-state index contributed by atoms with van der Waals surface area (Å²) in [5.41, 5.74) is 7.92. The average Bonchev–Trinajstić information content (AvgIpc) is 3.31. The molecule has 0 atom stereocenters. The van der Waals surface area contributed by atoms with Crippen molar-refractivity contribution in [1.82, 2.24) is 20.2 Å². The number of anilines is 4. The Labute approximate surface area is 200 Å². The molecule has 4 aromatic rings. The molecule has 0 radical (unpaired) electrons. The smallest absolute Gasteiger partial charge is 0.475 e. The first-order valence-electron chi connectivity index (χ1n) is 10.2. The summed E-state index contributed by atoms with van der Waals surface area (Å²) in [5, 5.41) is 18.0. The quantitative estimate of drug-likeness (QED) is 0.286. The molecule has 36 heavy (non-hydrogen) atoms. The molecule has 4 rings (SSSR count). The fourth-order valence-corrected chi connectivity index (χ4v) is 3.08. The third-order valence-electron chi connectivity index (χ3n) is 4.72. The van der Waals surface area contributed by atoms with Crippen molar-refractivity contribution in [2.75, 3.05) is 16.8 Å². The van der Waals surface area contributed by atoms with Gasteiger partial charge in [-0.1, -0.05) is 6.07 Å². The molecular formula is C22H19F4N7O3. The van der Waals surface area contributed by atoms with E-state index in [1.165, 1.54) is 0 Å². The summed E-state index contributed by atoms with van der Waals surface area (Å²) < 4.78 is 46.4. The van der Waals surface area contributed by atoms with E-state index in [1.54, 1.807) is 35.4 Å². The fraction of sp³-hybridized carbons (Fsp3) is 0.136. The molecule has 0 aliphatic rings. The summed E-state index contributed by atoms with van der Waals surface area (Å²) >= 11 is 0. The van der Waals surface area contributed by atoms with Gasteiger partial charge in [-0.2, -0.15) is 23.3 Å². The summed E-state index contributed by atoms with van der Waals surface area (Å²) in [7, 11) is 0. The van der Waals surface area contributed by atoms with Crippen molar-refractivity contribution < 1.29 is 32.3 Å². The zero-order valence-corrected chi connectivity index (χ0v) is 18.5. The van der Waals surface area contributed by atoms with Crippen molar-refractivity contribution in [1.29, 1.82) is 0 Å². The average molecular weight is 505 g/mol. The highest BCUT2D eigenvalue weighted by molar-refractivity contribution is 5.94. The molecule has 0 unspecified atom stereocenters. The van der Waals surface area contributed by atoms with Crippen LogP contribution in [0.5, 0.6) is 0 Å². The number of carboxylic acid groups (broad SMARTS) is 1. The Morgan fingerprint density at radius 3 is 2.39 bits per heavy atom. The molecule has 5 N–H and O–H groups in total. The van der Waals surface area contributed by atoms with Gasteiger partial charge in [0.1, 0.15) is 0 Å². The maximum absolute atomic E-state index is 14.6. The van der Waals surface area contributed by atoms with Crippen LogP contribution in [0.3, 0.4) is 0 Å². The van der Waals surface area contributed by atoms with E-state index in [9.17, 15) is 22.4 Å². The van der Waals surface area contributed by atoms with E-state index in [0.717, 1.165) is 22.8 Å². The number of carbonyl (C=O) groups excluding carboxylic acids is 1. The molecule has 188 valence electrons. The second kappa shape index (κ2) is 10.7. The van der Waals surface area contributed by atoms with Gasteiger partial charge in [-0.3, -0.25) is 9.89 Å². The number of aromatic nitrogens is 4. The Hall–Kier alpha value is -4.75. The molecule has 0 aliphatic carbocycles. The normalized spacial score (nSPS) is 10.9. The van der Waals surface area contributed by atoms with Crippen molar-refractivity contribution in [2.45, 2.75) is 13.1 Å². The van der Waals surface area contributed by atoms with Crippen LogP contribution in [0.25, 0.3) is 10.9 Å². The number of carbonyl (C=O) groups is 2. The standard InChI is InChI=1S/C20H18FN7O.C2HF3O2/c1-2-28(17-5-3-4-16-14(17)10-24-27-16)19-15(21)11-23-20(26-19)25-13-8-6-12(7-9-13)18(22)29;3-2(4,5)1(6)7/h3-11H,2H2,1H3,(H2,22,29)(H,24,27)(H,23,25,26);(H,6,7). The van der Waals surface area contributed by atoms with E-state index in [1.807, 2.05) is 25.1 Å². The van der Waals surface area contributed by atoms with Gasteiger partial charge in [-0.15, -0.1) is 0 Å². The van der Waals surface area contributed by atoms with Gasteiger partial charge in [-0.05, 0) is 43.3 Å². The number of aliphatic carboxylic acids is 1. The molecule has 1 amide bonds. The van der Waals surface area contributed by atoms with Crippen LogP contribution in [0.4, 0.5) is 40.7 Å². The number of alkyl halides is 3. The number of halogens is 4. The Bertz CT molecular complexity index is 1370. The lowest BCUT2D eigenvalue weighted by Gasteiger charge is -2.23. The molecule has 0 spiro atoms. The molecule has 0 bridgehead atoms. The number of fused-ring (bicyclic) bond motifs is 1. The number of nitrogens with one attached hydrogen (secondary N) is 2. The minimum atomic E-state index is -5.08. The molecule has 2 aromatic heterocycles. The van der Waals surface area contributed by atoms with Crippen LogP contribution in [0, 0.1) is 5.82 Å². The van der Waals surface area contributed by atoms with Gasteiger partial charge in [0, 0.05) is 23.2 Å². The number of hydrogen-bond donors (Lipinski definition) is 4. The maximum Gasteiger partial charge on any atom is 0.490 e. The minimum Gasteiger partial charge on any atom is -0.475 e. The summed E-state index contributed by atoms with van der Waals surface area (Å²) in [4.78, 5) is 30.2. The summed E-state index contributed by atoms with van der Waals surface area (Å²) in [6, 6.07) is 12.2. The largest absolute Gasteiger partial charge is 0.490 e. The van der Waals surface area contributed by atoms with E-state index in [4.69, 9.17) is 15.6 Å². The number of aromatic amines is 1. The van der Waals surface area contributed by atoms with Crippen LogP contribution in [-0.4, -0.2) is 49.9 Å². The third-order valence-corrected chi connectivity index (χ3v) is 4.72. The Morgan fingerprint density at radius 1 is 1.14 bits per heavy atom. The van der Waals surface area contributed by atoms with E-state index in [-0.39, 0.29) is 11.8 Å². The van der Waals surface area contributed by atoms with E-state index < -0.39 is 23.9 Å². The van der Waals surface area contributed by atoms with Gasteiger partial charge < -0.3 is 21.1 Å². The molecule has 0 saturated carbocycles. The number of primary amides is 1. The lowest BCUT2D eigenvalue weighted by atomic mass is 10.2. The lowest BCUT2D eigenvalue weighted by Crippen LogP contribution is -2.21. The highest BCUT2D eigenvalue weighted by atomic mass is 19.4. The number of nitrogens with zero attached hydrogens (tertiary/aromatic N) is 4. The van der Waals surface area contributed by atoms with Crippen molar-refractivity contribution in [2.24, 2.45) is 5.73 Å². The lowest BCUT2D eigenvalue weighted by molar-refractivity contribution is -0.192. The first kappa shape index (κ1) is 25.9. The summed E-state index contributed by atoms with van der Waals surface area (Å²) in [6.07, 6.45) is -2.26. The second-order valence-corrected chi connectivity index (χ2v) is 7.09. The molecule has 14 heteroatoms. The number of H-pyrrole nitrogens is 1. The van der Waals surface area contributed by atoms with Crippen molar-refractivity contribution in [3.05, 3.63) is 66.2 Å². The number of rotatable bonds is 6. The molecule has 2 heterocycles. The van der Waals surface area contributed by atoms with E-state index >= 15 is 0 Å². The molecule has 10 nitrogen and oxygen atoms in total. The van der Waals surface area contributed by atoms with Gasteiger partial charge in [0.25, 0.3) is 0 Å². The van der Waals surface area contributed by atoms with Crippen molar-refractivity contribution >= 4 is 45.9 Å². The number of amides is 1. The van der Waals surface area contributed by atoms with Gasteiger partial charge in [-0.25, -0.2) is 14.2 Å². The maximum atomic E-state index is 14.6. The SMILES string of the molecule is CCN(c1nc(Nc2ccc(C(N)=O)cc2)ncc1F)c1cccc2[nH]ncc12.O=C(O)C(F)(F)F. The number of nitrogens with two attached hydrogens (primary N) is 1. The number of benzene rings is 2. The highest BCUT2D eigenvalue weighted by Crippen LogP contribution is 2.32. The zero-order valence-electron chi connectivity index (χ0n) is 18.5. The van der Waals surface area contributed by atoms with E-state index in [0.29, 0.717) is 17.8 Å². The van der Waals surface area contributed by atoms with Gasteiger partial charge in [0.2, 0.25) is 11.9 Å². The third kappa shape index (κ3) is 6.02. The van der Waals surface area contributed by atoms with Gasteiger partial charge >= 0.3 is 12.1 Å². The predicted octanol–water partition coefficient (Wildman–Crippen LogP) is 4.13. The van der Waals surface area contributed by atoms with Crippen LogP contribution in [0.1, 0.15) is 17.3 Å². The van der Waals surface area contributed by atoms with Crippen molar-refractivity contribution in [3.8, 4) is 0 Å². The Morgan fingerprint density at radius 2 is 1.81 bits per heavy atom. The summed E-state index contributed by atoms with van der Waals surface area (Å²) in [5.74, 6) is -3.43. The molecule has 0 aliphatic heterocycles. The van der Waals surface area contributed by atoms with Crippen LogP contribution in [0.15, 0.2) is 54.9 Å². The fourth-order valence-electron chi connectivity index (χ4n) is 3.08. The molecule has 0 saturated heterocycles. The molecular weight excluding hydrogens is 486 g/mol. The molecule has 0 fully saturated rings. The topological polar surface area (TPSA) is 150 Å². The summed E-state index contributed by atoms with van der Waals surface area (Å²) in [6.45, 7) is 2.40. The predicted molar refractivity (Wildman–Crippen MR) is 123 cm³/mol. The second-order valence-electron chi connectivity index (χ2n) is 7.09. The first-order valence-corrected chi connectivity index (χ1v) is 10.2. The minimum absolute atomic E-state index is 0.146. The van der Waals surface area contributed by atoms with Crippen LogP contribution in [-0.2, 0) is 4.79 Å². The van der Waals surface area contributed by atoms with Crippen molar-refractivity contribution in [3.63, 3.8) is 0 Å². The monoisotopic (exact) mass is 505 g/mol. The zero-order chi connectivity index (χ0) is 26.5.